The number of aromatic amines is 1. The van der Waals surface area contributed by atoms with Gasteiger partial charge in [0.2, 0.25) is 0 Å². The first-order valence-electron chi connectivity index (χ1n) is 6.39. The van der Waals surface area contributed by atoms with Gasteiger partial charge in [-0.05, 0) is 13.8 Å². The highest BCUT2D eigenvalue weighted by atomic mass is 16.5. The van der Waals surface area contributed by atoms with Crippen LogP contribution in [0.1, 0.15) is 34.6 Å². The molecule has 0 saturated carbocycles. The molecule has 104 valence electrons. The van der Waals surface area contributed by atoms with Gasteiger partial charge in [0.25, 0.3) is 11.8 Å². The van der Waals surface area contributed by atoms with Crippen molar-refractivity contribution in [2.45, 2.75) is 20.0 Å². The standard InChI is InChI=1S/C13H14N4O3/c1-7(2)20-4-3-17-12(18)9-5-14-11-8(6-15-16-11)10(9)13(17)19/h5-7H,3-4H2,1-2H3,(H,14,15,16). The number of amides is 2. The number of nitrogens with one attached hydrogen (secondary N) is 1. The average molecular weight is 274 g/mol. The van der Waals surface area contributed by atoms with Crippen LogP contribution in [0.5, 0.6) is 0 Å². The summed E-state index contributed by atoms with van der Waals surface area (Å²) < 4.78 is 5.39. The Morgan fingerprint density at radius 2 is 2.10 bits per heavy atom. The van der Waals surface area contributed by atoms with Gasteiger partial charge in [0.05, 0.1) is 42.0 Å². The van der Waals surface area contributed by atoms with Gasteiger partial charge < -0.3 is 4.74 Å². The summed E-state index contributed by atoms with van der Waals surface area (Å²) in [7, 11) is 0. The number of carbonyl (C=O) groups excluding carboxylic acids is 2. The van der Waals surface area contributed by atoms with Crippen LogP contribution < -0.4 is 0 Å². The molecule has 1 N–H and O–H groups in total. The third kappa shape index (κ3) is 1.87. The number of rotatable bonds is 4. The number of ether oxygens (including phenoxy) is 1. The van der Waals surface area contributed by atoms with Crippen molar-refractivity contribution in [2.75, 3.05) is 13.2 Å². The number of hydrogen-bond donors (Lipinski definition) is 1. The van der Waals surface area contributed by atoms with Crippen LogP contribution in [-0.4, -0.2) is 51.2 Å². The molecular weight excluding hydrogens is 260 g/mol. The van der Waals surface area contributed by atoms with Crippen molar-refractivity contribution in [3.05, 3.63) is 23.5 Å². The van der Waals surface area contributed by atoms with Gasteiger partial charge in [0.15, 0.2) is 5.65 Å². The van der Waals surface area contributed by atoms with Gasteiger partial charge >= 0.3 is 0 Å². The maximum atomic E-state index is 12.4. The van der Waals surface area contributed by atoms with E-state index in [0.717, 1.165) is 0 Å². The molecular formula is C13H14N4O3. The highest BCUT2D eigenvalue weighted by molar-refractivity contribution is 6.25. The number of hydrogen-bond acceptors (Lipinski definition) is 5. The smallest absolute Gasteiger partial charge is 0.263 e. The molecule has 2 aromatic rings. The largest absolute Gasteiger partial charge is 0.377 e. The van der Waals surface area contributed by atoms with E-state index in [2.05, 4.69) is 15.2 Å². The maximum Gasteiger partial charge on any atom is 0.263 e. The minimum Gasteiger partial charge on any atom is -0.377 e. The fourth-order valence-electron chi connectivity index (χ4n) is 2.25. The third-order valence-electron chi connectivity index (χ3n) is 3.18. The predicted molar refractivity (Wildman–Crippen MR) is 70.3 cm³/mol. The van der Waals surface area contributed by atoms with Crippen molar-refractivity contribution >= 4 is 22.8 Å². The monoisotopic (exact) mass is 274 g/mol. The Bertz CT molecular complexity index is 692. The second-order valence-corrected chi connectivity index (χ2v) is 4.86. The van der Waals surface area contributed by atoms with E-state index in [1.165, 1.54) is 17.3 Å². The minimum absolute atomic E-state index is 0.0624. The van der Waals surface area contributed by atoms with Crippen LogP contribution in [0.15, 0.2) is 12.4 Å². The Morgan fingerprint density at radius 3 is 2.85 bits per heavy atom. The molecule has 0 aliphatic carbocycles. The Morgan fingerprint density at radius 1 is 1.30 bits per heavy atom. The molecule has 2 amide bonds. The molecule has 7 nitrogen and oxygen atoms in total. The molecule has 0 fully saturated rings. The quantitative estimate of drug-likeness (QED) is 0.839. The Hall–Kier alpha value is -2.28. The first-order chi connectivity index (χ1) is 9.59. The SMILES string of the molecule is CC(C)OCCN1C(=O)c2cnc3[nH]ncc3c2C1=O. The molecule has 1 aliphatic heterocycles. The summed E-state index contributed by atoms with van der Waals surface area (Å²) in [5.41, 5.74) is 1.21. The van der Waals surface area contributed by atoms with Gasteiger partial charge in [-0.15, -0.1) is 0 Å². The summed E-state index contributed by atoms with van der Waals surface area (Å²) in [4.78, 5) is 29.9. The van der Waals surface area contributed by atoms with Gasteiger partial charge in [-0.3, -0.25) is 19.6 Å². The number of fused-ring (bicyclic) bond motifs is 3. The van der Waals surface area contributed by atoms with Crippen LogP contribution in [0, 0.1) is 0 Å². The molecule has 7 heteroatoms. The van der Waals surface area contributed by atoms with E-state index in [1.54, 1.807) is 0 Å². The Balaban J connectivity index is 1.91. The van der Waals surface area contributed by atoms with Crippen LogP contribution in [0.2, 0.25) is 0 Å². The van der Waals surface area contributed by atoms with Gasteiger partial charge in [-0.1, -0.05) is 0 Å². The molecule has 0 unspecified atom stereocenters. The molecule has 0 atom stereocenters. The average Bonchev–Trinajstić information content (AvgIpc) is 2.96. The van der Waals surface area contributed by atoms with Crippen LogP contribution >= 0.6 is 0 Å². The maximum absolute atomic E-state index is 12.4. The number of pyridine rings is 1. The van der Waals surface area contributed by atoms with Crippen molar-refractivity contribution in [3.63, 3.8) is 0 Å². The fourth-order valence-corrected chi connectivity index (χ4v) is 2.25. The summed E-state index contributed by atoms with van der Waals surface area (Å²) in [6, 6.07) is 0. The lowest BCUT2D eigenvalue weighted by molar-refractivity contribution is 0.0448. The zero-order valence-electron chi connectivity index (χ0n) is 11.2. The lowest BCUT2D eigenvalue weighted by Gasteiger charge is -2.14. The summed E-state index contributed by atoms with van der Waals surface area (Å²) in [5, 5.41) is 7.12. The lowest BCUT2D eigenvalue weighted by Crippen LogP contribution is -2.33. The molecule has 0 aromatic carbocycles. The zero-order chi connectivity index (χ0) is 14.3. The van der Waals surface area contributed by atoms with Gasteiger partial charge in [-0.25, -0.2) is 4.98 Å². The van der Waals surface area contributed by atoms with Crippen LogP contribution in [0.4, 0.5) is 0 Å². The van der Waals surface area contributed by atoms with Crippen molar-refractivity contribution in [1.82, 2.24) is 20.1 Å². The molecule has 0 saturated heterocycles. The number of H-pyrrole nitrogens is 1. The fraction of sp³-hybridized carbons (Fsp3) is 0.385. The number of carbonyl (C=O) groups is 2. The van der Waals surface area contributed by atoms with Crippen LogP contribution in [-0.2, 0) is 4.74 Å². The summed E-state index contributed by atoms with van der Waals surface area (Å²) in [5.74, 6) is -0.640. The topological polar surface area (TPSA) is 88.2 Å². The van der Waals surface area contributed by atoms with Crippen LogP contribution in [0.3, 0.4) is 0 Å². The molecule has 0 radical (unpaired) electrons. The van der Waals surface area contributed by atoms with E-state index in [-0.39, 0.29) is 24.5 Å². The third-order valence-corrected chi connectivity index (χ3v) is 3.18. The number of nitrogens with zero attached hydrogens (tertiary/aromatic N) is 3. The van der Waals surface area contributed by atoms with E-state index in [0.29, 0.717) is 28.8 Å². The number of aromatic nitrogens is 3. The van der Waals surface area contributed by atoms with E-state index >= 15 is 0 Å². The van der Waals surface area contributed by atoms with E-state index < -0.39 is 0 Å². The first kappa shape index (κ1) is 12.7. The van der Waals surface area contributed by atoms with Crippen molar-refractivity contribution in [2.24, 2.45) is 0 Å². The molecule has 0 bridgehead atoms. The van der Waals surface area contributed by atoms with E-state index in [9.17, 15) is 9.59 Å². The number of imide groups is 1. The van der Waals surface area contributed by atoms with Crippen molar-refractivity contribution < 1.29 is 14.3 Å². The lowest BCUT2D eigenvalue weighted by atomic mass is 10.1. The molecule has 1 aliphatic rings. The van der Waals surface area contributed by atoms with E-state index in [4.69, 9.17) is 4.74 Å². The second kappa shape index (κ2) is 4.68. The molecule has 3 heterocycles. The van der Waals surface area contributed by atoms with Crippen molar-refractivity contribution in [1.29, 1.82) is 0 Å². The van der Waals surface area contributed by atoms with Gasteiger partial charge in [-0.2, -0.15) is 5.10 Å². The summed E-state index contributed by atoms with van der Waals surface area (Å²) >= 11 is 0. The highest BCUT2D eigenvalue weighted by Crippen LogP contribution is 2.27. The molecule has 20 heavy (non-hydrogen) atoms. The molecule has 3 rings (SSSR count). The second-order valence-electron chi connectivity index (χ2n) is 4.86. The van der Waals surface area contributed by atoms with Gasteiger partial charge in [0, 0.05) is 6.20 Å². The Kier molecular flexibility index (Phi) is 2.98. The predicted octanol–water partition coefficient (Wildman–Crippen LogP) is 0.979. The zero-order valence-corrected chi connectivity index (χ0v) is 11.2. The summed E-state index contributed by atoms with van der Waals surface area (Å²) in [6.07, 6.45) is 2.99. The molecule has 0 spiro atoms. The molecule has 2 aromatic heterocycles. The first-order valence-corrected chi connectivity index (χ1v) is 6.39. The minimum atomic E-state index is -0.326. The Labute approximate surface area is 114 Å². The summed E-state index contributed by atoms with van der Waals surface area (Å²) in [6.45, 7) is 4.37. The highest BCUT2D eigenvalue weighted by Gasteiger charge is 2.37. The van der Waals surface area contributed by atoms with Crippen LogP contribution in [0.25, 0.3) is 11.0 Å². The van der Waals surface area contributed by atoms with Crippen molar-refractivity contribution in [3.8, 4) is 0 Å². The van der Waals surface area contributed by atoms with Gasteiger partial charge in [0.1, 0.15) is 0 Å². The van der Waals surface area contributed by atoms with E-state index in [1.807, 2.05) is 13.8 Å². The normalized spacial score (nSPS) is 14.7.